The van der Waals surface area contributed by atoms with Crippen LogP contribution in [0.3, 0.4) is 0 Å². The van der Waals surface area contributed by atoms with Crippen molar-refractivity contribution < 1.29 is 4.79 Å². The van der Waals surface area contributed by atoms with Gasteiger partial charge in [-0.25, -0.2) is 4.68 Å². The molecule has 1 aromatic carbocycles. The smallest absolute Gasteiger partial charge is 0.246 e. The average Bonchev–Trinajstić information content (AvgIpc) is 2.88. The number of amides is 1. The lowest BCUT2D eigenvalue weighted by Crippen LogP contribution is -2.22. The van der Waals surface area contributed by atoms with Crippen molar-refractivity contribution in [3.05, 3.63) is 30.0 Å². The molecule has 7 nitrogen and oxygen atoms in total. The maximum Gasteiger partial charge on any atom is 0.246 e. The van der Waals surface area contributed by atoms with E-state index in [0.717, 1.165) is 30.0 Å². The number of hydrogen-bond donors (Lipinski definition) is 2. The topological polar surface area (TPSA) is 89.1 Å². The van der Waals surface area contributed by atoms with Gasteiger partial charge in [0.05, 0.1) is 6.20 Å². The van der Waals surface area contributed by atoms with Crippen LogP contribution in [0.15, 0.2) is 24.4 Å². The van der Waals surface area contributed by atoms with E-state index in [1.54, 1.807) is 0 Å². The maximum absolute atomic E-state index is 12.0. The molecular formula is C15H22N6O. The zero-order chi connectivity index (χ0) is 16.1. The standard InChI is InChI=1S/C15H22N6O/c1-4-20(5-2)12-6-7-13(11(3)8-12)17-15(22)10-21-9-14(16)18-19-21/h6-9H,4-5,10,16H2,1-3H3,(H,17,22). The Bertz CT molecular complexity index is 647. The van der Waals surface area contributed by atoms with Crippen molar-refractivity contribution in [3.63, 3.8) is 0 Å². The lowest BCUT2D eigenvalue weighted by atomic mass is 10.1. The second kappa shape index (κ2) is 6.93. The van der Waals surface area contributed by atoms with E-state index in [-0.39, 0.29) is 12.5 Å². The van der Waals surface area contributed by atoms with Gasteiger partial charge < -0.3 is 16.0 Å². The van der Waals surface area contributed by atoms with Crippen molar-refractivity contribution in [2.45, 2.75) is 27.3 Å². The molecule has 0 saturated heterocycles. The fraction of sp³-hybridized carbons (Fsp3) is 0.400. The van der Waals surface area contributed by atoms with Gasteiger partial charge >= 0.3 is 0 Å². The highest BCUT2D eigenvalue weighted by molar-refractivity contribution is 5.91. The summed E-state index contributed by atoms with van der Waals surface area (Å²) in [6.45, 7) is 8.22. The van der Waals surface area contributed by atoms with E-state index in [9.17, 15) is 4.79 Å². The third-order valence-corrected chi connectivity index (χ3v) is 3.47. The van der Waals surface area contributed by atoms with Crippen LogP contribution in [-0.2, 0) is 11.3 Å². The minimum Gasteiger partial charge on any atom is -0.381 e. The molecule has 118 valence electrons. The summed E-state index contributed by atoms with van der Waals surface area (Å²) >= 11 is 0. The van der Waals surface area contributed by atoms with Crippen molar-refractivity contribution in [1.82, 2.24) is 15.0 Å². The first-order valence-corrected chi connectivity index (χ1v) is 7.34. The molecule has 0 radical (unpaired) electrons. The number of aromatic nitrogens is 3. The third-order valence-electron chi connectivity index (χ3n) is 3.47. The number of nitrogens with one attached hydrogen (secondary N) is 1. The summed E-state index contributed by atoms with van der Waals surface area (Å²) in [7, 11) is 0. The number of benzene rings is 1. The second-order valence-electron chi connectivity index (χ2n) is 5.06. The van der Waals surface area contributed by atoms with Gasteiger partial charge in [-0.05, 0) is 44.5 Å². The van der Waals surface area contributed by atoms with Crippen LogP contribution >= 0.6 is 0 Å². The first-order valence-electron chi connectivity index (χ1n) is 7.34. The number of hydrogen-bond acceptors (Lipinski definition) is 5. The number of carbonyl (C=O) groups excluding carboxylic acids is 1. The summed E-state index contributed by atoms with van der Waals surface area (Å²) in [6, 6.07) is 6.02. The number of nitrogens with two attached hydrogens (primary N) is 1. The molecule has 1 amide bonds. The van der Waals surface area contributed by atoms with Crippen LogP contribution in [0.2, 0.25) is 0 Å². The molecule has 0 saturated carbocycles. The van der Waals surface area contributed by atoms with Gasteiger partial charge in [-0.1, -0.05) is 5.21 Å². The van der Waals surface area contributed by atoms with Crippen LogP contribution in [0.4, 0.5) is 17.2 Å². The molecule has 22 heavy (non-hydrogen) atoms. The average molecular weight is 302 g/mol. The van der Waals surface area contributed by atoms with Gasteiger partial charge in [0.25, 0.3) is 0 Å². The summed E-state index contributed by atoms with van der Waals surface area (Å²) in [5.41, 5.74) is 8.45. The van der Waals surface area contributed by atoms with Gasteiger partial charge in [0, 0.05) is 24.5 Å². The van der Waals surface area contributed by atoms with Gasteiger partial charge in [-0.3, -0.25) is 4.79 Å². The first-order chi connectivity index (χ1) is 10.5. The summed E-state index contributed by atoms with van der Waals surface area (Å²) in [5, 5.41) is 10.3. The molecular weight excluding hydrogens is 280 g/mol. The van der Waals surface area contributed by atoms with Crippen LogP contribution in [-0.4, -0.2) is 34.0 Å². The van der Waals surface area contributed by atoms with Crippen LogP contribution < -0.4 is 16.0 Å². The predicted octanol–water partition coefficient (Wildman–Crippen LogP) is 1.65. The van der Waals surface area contributed by atoms with E-state index in [2.05, 4.69) is 40.4 Å². The molecule has 0 atom stereocenters. The Hall–Kier alpha value is -2.57. The number of aryl methyl sites for hydroxylation is 1. The Balaban J connectivity index is 2.05. The van der Waals surface area contributed by atoms with Crippen molar-refractivity contribution in [3.8, 4) is 0 Å². The van der Waals surface area contributed by atoms with Crippen LogP contribution in [0, 0.1) is 6.92 Å². The van der Waals surface area contributed by atoms with E-state index in [4.69, 9.17) is 5.73 Å². The van der Waals surface area contributed by atoms with E-state index in [0.29, 0.717) is 5.82 Å². The predicted molar refractivity (Wildman–Crippen MR) is 87.8 cm³/mol. The Morgan fingerprint density at radius 2 is 2.09 bits per heavy atom. The fourth-order valence-corrected chi connectivity index (χ4v) is 2.30. The monoisotopic (exact) mass is 302 g/mol. The Kier molecular flexibility index (Phi) is 4.98. The highest BCUT2D eigenvalue weighted by Crippen LogP contribution is 2.22. The van der Waals surface area contributed by atoms with Crippen LogP contribution in [0.1, 0.15) is 19.4 Å². The molecule has 0 unspecified atom stereocenters. The molecule has 1 heterocycles. The SMILES string of the molecule is CCN(CC)c1ccc(NC(=O)Cn2cc(N)nn2)c(C)c1. The molecule has 3 N–H and O–H groups in total. The molecule has 1 aromatic heterocycles. The minimum absolute atomic E-state index is 0.0848. The highest BCUT2D eigenvalue weighted by Gasteiger charge is 2.09. The van der Waals surface area contributed by atoms with Gasteiger partial charge in [0.2, 0.25) is 5.91 Å². The van der Waals surface area contributed by atoms with Crippen molar-refractivity contribution in [2.75, 3.05) is 29.0 Å². The number of carbonyl (C=O) groups is 1. The molecule has 0 spiro atoms. The third kappa shape index (κ3) is 3.75. The van der Waals surface area contributed by atoms with Crippen LogP contribution in [0.5, 0.6) is 0 Å². The molecule has 0 aliphatic carbocycles. The summed E-state index contributed by atoms with van der Waals surface area (Å²) in [6.07, 6.45) is 1.52. The Morgan fingerprint density at radius 1 is 1.36 bits per heavy atom. The molecule has 0 aliphatic rings. The van der Waals surface area contributed by atoms with E-state index < -0.39 is 0 Å². The number of rotatable bonds is 6. The number of anilines is 3. The molecule has 2 aromatic rings. The number of nitrogen functional groups attached to an aromatic ring is 1. The highest BCUT2D eigenvalue weighted by atomic mass is 16.2. The summed E-state index contributed by atoms with van der Waals surface area (Å²) in [4.78, 5) is 14.3. The van der Waals surface area contributed by atoms with E-state index >= 15 is 0 Å². The fourth-order valence-electron chi connectivity index (χ4n) is 2.30. The maximum atomic E-state index is 12.0. The molecule has 2 rings (SSSR count). The molecule has 0 fully saturated rings. The summed E-state index contributed by atoms with van der Waals surface area (Å²) < 4.78 is 1.41. The lowest BCUT2D eigenvalue weighted by molar-refractivity contribution is -0.116. The summed E-state index contributed by atoms with van der Waals surface area (Å²) in [5.74, 6) is 0.135. The van der Waals surface area contributed by atoms with E-state index in [1.807, 2.05) is 19.1 Å². The van der Waals surface area contributed by atoms with Crippen molar-refractivity contribution in [2.24, 2.45) is 0 Å². The van der Waals surface area contributed by atoms with Gasteiger partial charge in [-0.2, -0.15) is 0 Å². The van der Waals surface area contributed by atoms with Gasteiger partial charge in [0.1, 0.15) is 6.54 Å². The number of nitrogens with zero attached hydrogens (tertiary/aromatic N) is 4. The Morgan fingerprint density at radius 3 is 2.64 bits per heavy atom. The Labute approximate surface area is 130 Å². The van der Waals surface area contributed by atoms with Crippen molar-refractivity contribution in [1.29, 1.82) is 0 Å². The second-order valence-corrected chi connectivity index (χ2v) is 5.06. The molecule has 0 aliphatic heterocycles. The normalized spacial score (nSPS) is 10.5. The van der Waals surface area contributed by atoms with Gasteiger partial charge in [-0.15, -0.1) is 5.10 Å². The molecule has 0 bridgehead atoms. The quantitative estimate of drug-likeness (QED) is 0.847. The van der Waals surface area contributed by atoms with Crippen LogP contribution in [0.25, 0.3) is 0 Å². The lowest BCUT2D eigenvalue weighted by Gasteiger charge is -2.22. The first kappa shape index (κ1) is 15.8. The largest absolute Gasteiger partial charge is 0.381 e. The van der Waals surface area contributed by atoms with Gasteiger partial charge in [0.15, 0.2) is 5.82 Å². The minimum atomic E-state index is -0.163. The van der Waals surface area contributed by atoms with Crippen molar-refractivity contribution >= 4 is 23.1 Å². The zero-order valence-corrected chi connectivity index (χ0v) is 13.2. The van der Waals surface area contributed by atoms with E-state index in [1.165, 1.54) is 10.9 Å². The molecule has 7 heteroatoms. The zero-order valence-electron chi connectivity index (χ0n) is 13.2.